The highest BCUT2D eigenvalue weighted by Gasteiger charge is 2.08. The van der Waals surface area contributed by atoms with E-state index in [1.807, 2.05) is 6.92 Å². The fraction of sp³-hybridized carbons (Fsp3) is 0.800. The Balaban J connectivity index is 3.25. The first kappa shape index (κ1) is 26.9. The number of ether oxygens (including phenoxy) is 2. The molecule has 0 atom stereocenters. The molecule has 0 bridgehead atoms. The molecule has 0 fully saturated rings. The molecule has 3 nitrogen and oxygen atoms in total. The van der Waals surface area contributed by atoms with Crippen molar-refractivity contribution in [3.05, 3.63) is 24.3 Å². The minimum absolute atomic E-state index is 0.213. The van der Waals surface area contributed by atoms with E-state index in [9.17, 15) is 4.79 Å². The molecular weight excluding hydrogens is 348 g/mol. The first-order chi connectivity index (χ1) is 13.6. The van der Waals surface area contributed by atoms with Crippen LogP contribution in [0.25, 0.3) is 0 Å². The molecule has 28 heavy (non-hydrogen) atoms. The lowest BCUT2D eigenvalue weighted by molar-refractivity contribution is -0.139. The second kappa shape index (κ2) is 20.6. The number of unbranched alkanes of at least 4 members (excludes halogenated alkanes) is 14. The van der Waals surface area contributed by atoms with Crippen LogP contribution in [0.15, 0.2) is 24.3 Å². The maximum absolute atomic E-state index is 11.7. The zero-order chi connectivity index (χ0) is 20.9. The highest BCUT2D eigenvalue weighted by Crippen LogP contribution is 2.13. The minimum atomic E-state index is -0.341. The number of hydrogen-bond acceptors (Lipinski definition) is 3. The lowest BCUT2D eigenvalue weighted by Gasteiger charge is -2.08. The molecule has 164 valence electrons. The zero-order valence-corrected chi connectivity index (χ0v) is 18.9. The van der Waals surface area contributed by atoms with Crippen molar-refractivity contribution in [1.29, 1.82) is 0 Å². The second-order valence-electron chi connectivity index (χ2n) is 8.14. The highest BCUT2D eigenvalue weighted by atomic mass is 16.5. The predicted octanol–water partition coefficient (Wildman–Crippen LogP) is 7.55. The van der Waals surface area contributed by atoms with E-state index in [2.05, 4.69) is 20.1 Å². The fourth-order valence-corrected chi connectivity index (χ4v) is 3.15. The van der Waals surface area contributed by atoms with E-state index in [0.717, 1.165) is 18.4 Å². The molecule has 0 spiro atoms. The molecule has 0 N–H and O–H groups in total. The van der Waals surface area contributed by atoms with Crippen LogP contribution in [0.2, 0.25) is 0 Å². The van der Waals surface area contributed by atoms with Crippen LogP contribution < -0.4 is 0 Å². The Kier molecular flexibility index (Phi) is 19.8. The van der Waals surface area contributed by atoms with Crippen molar-refractivity contribution in [3.8, 4) is 0 Å². The average molecular weight is 395 g/mol. The molecule has 0 amide bonds. The van der Waals surface area contributed by atoms with Gasteiger partial charge in [-0.05, 0) is 13.3 Å². The van der Waals surface area contributed by atoms with E-state index in [-0.39, 0.29) is 12.6 Å². The number of hydrogen-bond donors (Lipinski definition) is 0. The standard InChI is InChI=1S/C25H46O3/c1-5-6-7-8-9-10-11-12-13-14-15-16-17-18-19-20-28-25(26)24(4)22-27-21-23(2)3/h2,4-22H2,1,3H3. The number of carbonyl (C=O) groups is 1. The van der Waals surface area contributed by atoms with E-state index in [1.54, 1.807) is 0 Å². The van der Waals surface area contributed by atoms with Gasteiger partial charge in [0, 0.05) is 0 Å². The van der Waals surface area contributed by atoms with Crippen molar-refractivity contribution in [3.63, 3.8) is 0 Å². The number of rotatable bonds is 21. The number of carbonyl (C=O) groups excluding carboxylic acids is 1. The molecular formula is C25H46O3. The van der Waals surface area contributed by atoms with Gasteiger partial charge in [-0.2, -0.15) is 0 Å². The van der Waals surface area contributed by atoms with Crippen LogP contribution in [0, 0.1) is 0 Å². The maximum Gasteiger partial charge on any atom is 0.335 e. The van der Waals surface area contributed by atoms with E-state index < -0.39 is 0 Å². The van der Waals surface area contributed by atoms with Gasteiger partial charge in [0.2, 0.25) is 0 Å². The molecule has 0 radical (unpaired) electrons. The third-order valence-corrected chi connectivity index (χ3v) is 4.89. The van der Waals surface area contributed by atoms with Gasteiger partial charge in [0.25, 0.3) is 0 Å². The van der Waals surface area contributed by atoms with E-state index in [4.69, 9.17) is 9.47 Å². The summed E-state index contributed by atoms with van der Waals surface area (Å²) in [6.07, 6.45) is 20.0. The Morgan fingerprint density at radius 2 is 1.11 bits per heavy atom. The monoisotopic (exact) mass is 394 g/mol. The highest BCUT2D eigenvalue weighted by molar-refractivity contribution is 5.87. The SMILES string of the molecule is C=C(C)COCC(=C)C(=O)OCCCCCCCCCCCCCCCCC. The Morgan fingerprint density at radius 3 is 1.54 bits per heavy atom. The van der Waals surface area contributed by atoms with Gasteiger partial charge in [-0.25, -0.2) is 4.79 Å². The summed E-state index contributed by atoms with van der Waals surface area (Å²) in [5.74, 6) is -0.341. The first-order valence-corrected chi connectivity index (χ1v) is 11.6. The third-order valence-electron chi connectivity index (χ3n) is 4.89. The average Bonchev–Trinajstić information content (AvgIpc) is 2.67. The molecule has 0 saturated heterocycles. The Morgan fingerprint density at radius 1 is 0.679 bits per heavy atom. The Bertz CT molecular complexity index is 401. The van der Waals surface area contributed by atoms with Crippen molar-refractivity contribution in [1.82, 2.24) is 0 Å². The van der Waals surface area contributed by atoms with Crippen LogP contribution in [-0.2, 0) is 14.3 Å². The molecule has 0 aromatic heterocycles. The topological polar surface area (TPSA) is 35.5 Å². The smallest absolute Gasteiger partial charge is 0.335 e. The first-order valence-electron chi connectivity index (χ1n) is 11.6. The normalized spacial score (nSPS) is 10.8. The minimum Gasteiger partial charge on any atom is -0.462 e. The van der Waals surface area contributed by atoms with Gasteiger partial charge in [0.15, 0.2) is 0 Å². The van der Waals surface area contributed by atoms with Crippen LogP contribution in [0.3, 0.4) is 0 Å². The molecule has 0 heterocycles. The van der Waals surface area contributed by atoms with Crippen LogP contribution in [-0.4, -0.2) is 25.8 Å². The molecule has 0 aliphatic carbocycles. The lowest BCUT2D eigenvalue weighted by atomic mass is 10.0. The third kappa shape index (κ3) is 19.7. The van der Waals surface area contributed by atoms with Crippen molar-refractivity contribution >= 4 is 5.97 Å². The van der Waals surface area contributed by atoms with Gasteiger partial charge in [-0.1, -0.05) is 116 Å². The van der Waals surface area contributed by atoms with Crippen molar-refractivity contribution in [2.75, 3.05) is 19.8 Å². The number of esters is 1. The van der Waals surface area contributed by atoms with E-state index in [1.165, 1.54) is 83.5 Å². The van der Waals surface area contributed by atoms with Crippen LogP contribution >= 0.6 is 0 Å². The molecule has 0 rings (SSSR count). The molecule has 0 aromatic rings. The maximum atomic E-state index is 11.7. The predicted molar refractivity (Wildman–Crippen MR) is 121 cm³/mol. The fourth-order valence-electron chi connectivity index (χ4n) is 3.15. The molecule has 0 saturated carbocycles. The van der Waals surface area contributed by atoms with Gasteiger partial charge in [0.05, 0.1) is 25.4 Å². The zero-order valence-electron chi connectivity index (χ0n) is 18.9. The van der Waals surface area contributed by atoms with Crippen molar-refractivity contribution < 1.29 is 14.3 Å². The van der Waals surface area contributed by atoms with E-state index >= 15 is 0 Å². The van der Waals surface area contributed by atoms with Crippen LogP contribution in [0.5, 0.6) is 0 Å². The van der Waals surface area contributed by atoms with Crippen molar-refractivity contribution in [2.45, 2.75) is 110 Å². The molecule has 0 unspecified atom stereocenters. The summed E-state index contributed by atoms with van der Waals surface area (Å²) < 4.78 is 10.5. The molecule has 0 aliphatic rings. The summed E-state index contributed by atoms with van der Waals surface area (Å²) in [5.41, 5.74) is 1.31. The summed E-state index contributed by atoms with van der Waals surface area (Å²) in [6, 6.07) is 0. The van der Waals surface area contributed by atoms with Crippen molar-refractivity contribution in [2.24, 2.45) is 0 Å². The van der Waals surface area contributed by atoms with E-state index in [0.29, 0.717) is 18.8 Å². The van der Waals surface area contributed by atoms with Gasteiger partial charge in [-0.15, -0.1) is 0 Å². The summed E-state index contributed by atoms with van der Waals surface area (Å²) in [6.45, 7) is 12.8. The van der Waals surface area contributed by atoms with Gasteiger partial charge >= 0.3 is 5.97 Å². The van der Waals surface area contributed by atoms with Gasteiger partial charge < -0.3 is 9.47 Å². The second-order valence-corrected chi connectivity index (χ2v) is 8.14. The quantitative estimate of drug-likeness (QED) is 0.0872. The van der Waals surface area contributed by atoms with Gasteiger partial charge in [0.1, 0.15) is 0 Å². The Hall–Kier alpha value is -1.09. The lowest BCUT2D eigenvalue weighted by Crippen LogP contribution is -2.13. The summed E-state index contributed by atoms with van der Waals surface area (Å²) in [4.78, 5) is 11.7. The molecule has 3 heteroatoms. The summed E-state index contributed by atoms with van der Waals surface area (Å²) in [5, 5.41) is 0. The van der Waals surface area contributed by atoms with Crippen LogP contribution in [0.4, 0.5) is 0 Å². The summed E-state index contributed by atoms with van der Waals surface area (Å²) in [7, 11) is 0. The van der Waals surface area contributed by atoms with Gasteiger partial charge in [-0.3, -0.25) is 0 Å². The largest absolute Gasteiger partial charge is 0.462 e. The summed E-state index contributed by atoms with van der Waals surface area (Å²) >= 11 is 0. The molecule has 0 aliphatic heterocycles. The Labute approximate surface area is 175 Å². The van der Waals surface area contributed by atoms with Crippen LogP contribution in [0.1, 0.15) is 110 Å². The molecule has 0 aromatic carbocycles.